The normalized spacial score (nSPS) is 14.4. The quantitative estimate of drug-likeness (QED) is 0.666. The van der Waals surface area contributed by atoms with E-state index in [1.807, 2.05) is 6.92 Å². The van der Waals surface area contributed by atoms with Crippen molar-refractivity contribution >= 4 is 17.8 Å². The van der Waals surface area contributed by atoms with Gasteiger partial charge in [-0.2, -0.15) is 0 Å². The van der Waals surface area contributed by atoms with Gasteiger partial charge in [0.1, 0.15) is 0 Å². The van der Waals surface area contributed by atoms with E-state index in [0.717, 1.165) is 0 Å². The van der Waals surface area contributed by atoms with Crippen LogP contribution in [0.25, 0.3) is 0 Å². The summed E-state index contributed by atoms with van der Waals surface area (Å²) in [5.41, 5.74) is 0.274. The molecule has 0 atom stereocenters. The number of likely N-dealkylation sites (tertiary alicyclic amines) is 1. The smallest absolute Gasteiger partial charge is 0.338 e. The SMILES string of the molecule is CCOc1cc(C(=O)OCC(=O)N2CCC(C(=O)OC)CC2)ccc1OC. The minimum Gasteiger partial charge on any atom is -0.493 e. The lowest BCUT2D eigenvalue weighted by molar-refractivity contribution is -0.149. The Balaban J connectivity index is 1.87. The van der Waals surface area contributed by atoms with Gasteiger partial charge in [-0.25, -0.2) is 4.79 Å². The molecule has 1 saturated heterocycles. The number of methoxy groups -OCH3 is 2. The highest BCUT2D eigenvalue weighted by atomic mass is 16.5. The fourth-order valence-corrected chi connectivity index (χ4v) is 2.91. The van der Waals surface area contributed by atoms with Crippen molar-refractivity contribution in [1.82, 2.24) is 4.90 Å². The first-order chi connectivity index (χ1) is 13.0. The van der Waals surface area contributed by atoms with Crippen molar-refractivity contribution in [3.63, 3.8) is 0 Å². The fourth-order valence-electron chi connectivity index (χ4n) is 2.91. The first-order valence-corrected chi connectivity index (χ1v) is 8.83. The van der Waals surface area contributed by atoms with Gasteiger partial charge in [-0.05, 0) is 38.0 Å². The third kappa shape index (κ3) is 5.35. The van der Waals surface area contributed by atoms with Crippen LogP contribution in [0.5, 0.6) is 11.5 Å². The molecule has 0 radical (unpaired) electrons. The predicted octanol–water partition coefficient (Wildman–Crippen LogP) is 1.66. The molecule has 1 aromatic carbocycles. The summed E-state index contributed by atoms with van der Waals surface area (Å²) >= 11 is 0. The third-order valence-electron chi connectivity index (χ3n) is 4.41. The number of ether oxygens (including phenoxy) is 4. The molecule has 1 aliphatic heterocycles. The highest BCUT2D eigenvalue weighted by molar-refractivity contribution is 5.92. The molecule has 1 amide bonds. The Hall–Kier alpha value is -2.77. The average molecular weight is 379 g/mol. The summed E-state index contributed by atoms with van der Waals surface area (Å²) in [5, 5.41) is 0. The molecule has 0 aromatic heterocycles. The van der Waals surface area contributed by atoms with Gasteiger partial charge in [-0.15, -0.1) is 0 Å². The molecule has 1 heterocycles. The van der Waals surface area contributed by atoms with E-state index in [0.29, 0.717) is 44.0 Å². The maximum Gasteiger partial charge on any atom is 0.338 e. The highest BCUT2D eigenvalue weighted by Gasteiger charge is 2.28. The van der Waals surface area contributed by atoms with E-state index in [1.54, 1.807) is 17.0 Å². The lowest BCUT2D eigenvalue weighted by Gasteiger charge is -2.30. The summed E-state index contributed by atoms with van der Waals surface area (Å²) in [7, 11) is 2.87. The van der Waals surface area contributed by atoms with E-state index in [9.17, 15) is 14.4 Å². The molecule has 1 aromatic rings. The van der Waals surface area contributed by atoms with Crippen LogP contribution in [0.1, 0.15) is 30.1 Å². The first-order valence-electron chi connectivity index (χ1n) is 8.83. The zero-order valence-electron chi connectivity index (χ0n) is 15.9. The molecule has 148 valence electrons. The van der Waals surface area contributed by atoms with Crippen LogP contribution >= 0.6 is 0 Å². The molecule has 0 bridgehead atoms. The monoisotopic (exact) mass is 379 g/mol. The molecule has 27 heavy (non-hydrogen) atoms. The van der Waals surface area contributed by atoms with Gasteiger partial charge < -0.3 is 23.8 Å². The molecule has 8 heteroatoms. The lowest BCUT2D eigenvalue weighted by atomic mass is 9.97. The number of nitrogens with zero attached hydrogens (tertiary/aromatic N) is 1. The minimum atomic E-state index is -0.614. The van der Waals surface area contributed by atoms with Gasteiger partial charge in [-0.1, -0.05) is 0 Å². The Morgan fingerprint density at radius 3 is 2.41 bits per heavy atom. The van der Waals surface area contributed by atoms with E-state index >= 15 is 0 Å². The van der Waals surface area contributed by atoms with Crippen LogP contribution in [-0.4, -0.2) is 63.3 Å². The van der Waals surface area contributed by atoms with Crippen LogP contribution in [0.15, 0.2) is 18.2 Å². The Labute approximate surface area is 158 Å². The van der Waals surface area contributed by atoms with Crippen LogP contribution in [0, 0.1) is 5.92 Å². The van der Waals surface area contributed by atoms with Crippen LogP contribution < -0.4 is 9.47 Å². The third-order valence-corrected chi connectivity index (χ3v) is 4.41. The van der Waals surface area contributed by atoms with Crippen molar-refractivity contribution < 1.29 is 33.3 Å². The van der Waals surface area contributed by atoms with Gasteiger partial charge in [0.25, 0.3) is 5.91 Å². The van der Waals surface area contributed by atoms with Crippen molar-refractivity contribution in [2.75, 3.05) is 40.5 Å². The Morgan fingerprint density at radius 1 is 1.11 bits per heavy atom. The number of hydrogen-bond acceptors (Lipinski definition) is 7. The molecule has 0 unspecified atom stereocenters. The number of esters is 2. The number of piperidine rings is 1. The second-order valence-corrected chi connectivity index (χ2v) is 6.05. The van der Waals surface area contributed by atoms with E-state index in [2.05, 4.69) is 0 Å². The van der Waals surface area contributed by atoms with Gasteiger partial charge in [0, 0.05) is 13.1 Å². The maximum atomic E-state index is 12.2. The van der Waals surface area contributed by atoms with Crippen LogP contribution in [0.3, 0.4) is 0 Å². The fraction of sp³-hybridized carbons (Fsp3) is 0.526. The minimum absolute atomic E-state index is 0.183. The molecular weight excluding hydrogens is 354 g/mol. The van der Waals surface area contributed by atoms with Gasteiger partial charge >= 0.3 is 11.9 Å². The van der Waals surface area contributed by atoms with E-state index < -0.39 is 5.97 Å². The number of hydrogen-bond donors (Lipinski definition) is 0. The van der Waals surface area contributed by atoms with Crippen molar-refractivity contribution in [2.24, 2.45) is 5.92 Å². The summed E-state index contributed by atoms with van der Waals surface area (Å²) in [6.07, 6.45) is 1.09. The summed E-state index contributed by atoms with van der Waals surface area (Å²) in [4.78, 5) is 37.6. The molecule has 8 nitrogen and oxygen atoms in total. The summed E-state index contributed by atoms with van der Waals surface area (Å²) in [6.45, 7) is 2.78. The second-order valence-electron chi connectivity index (χ2n) is 6.05. The van der Waals surface area contributed by atoms with Crippen molar-refractivity contribution in [1.29, 1.82) is 0 Å². The van der Waals surface area contributed by atoms with E-state index in [-0.39, 0.29) is 30.0 Å². The predicted molar refractivity (Wildman–Crippen MR) is 95.8 cm³/mol. The van der Waals surface area contributed by atoms with Crippen LogP contribution in [0.4, 0.5) is 0 Å². The second kappa shape index (κ2) is 9.80. The Kier molecular flexibility index (Phi) is 7.45. The molecule has 0 N–H and O–H groups in total. The first kappa shape index (κ1) is 20.5. The summed E-state index contributed by atoms with van der Waals surface area (Å²) in [5.74, 6) is -0.388. The Bertz CT molecular complexity index is 681. The average Bonchev–Trinajstić information content (AvgIpc) is 2.71. The topological polar surface area (TPSA) is 91.4 Å². The Morgan fingerprint density at radius 2 is 1.81 bits per heavy atom. The molecule has 2 rings (SSSR count). The molecule has 0 saturated carbocycles. The number of rotatable bonds is 7. The standard InChI is InChI=1S/C19H25NO7/c1-4-26-16-11-14(5-6-15(16)24-2)19(23)27-12-17(21)20-9-7-13(8-10-20)18(22)25-3/h5-6,11,13H,4,7-10,12H2,1-3H3. The van der Waals surface area contributed by atoms with Crippen molar-refractivity contribution in [3.8, 4) is 11.5 Å². The number of carbonyl (C=O) groups is 3. The van der Waals surface area contributed by atoms with Gasteiger partial charge in [0.15, 0.2) is 18.1 Å². The van der Waals surface area contributed by atoms with Gasteiger partial charge in [0.2, 0.25) is 0 Å². The van der Waals surface area contributed by atoms with Gasteiger partial charge in [0.05, 0.1) is 32.3 Å². The van der Waals surface area contributed by atoms with Crippen LogP contribution in [-0.2, 0) is 19.1 Å². The molecular formula is C19H25NO7. The highest BCUT2D eigenvalue weighted by Crippen LogP contribution is 2.28. The van der Waals surface area contributed by atoms with Gasteiger partial charge in [-0.3, -0.25) is 9.59 Å². The molecule has 0 spiro atoms. The number of carbonyl (C=O) groups excluding carboxylic acids is 3. The number of benzene rings is 1. The summed E-state index contributed by atoms with van der Waals surface area (Å²) < 4.78 is 20.5. The number of amides is 1. The van der Waals surface area contributed by atoms with Crippen molar-refractivity contribution in [3.05, 3.63) is 23.8 Å². The zero-order chi connectivity index (χ0) is 19.8. The lowest BCUT2D eigenvalue weighted by Crippen LogP contribution is -2.42. The maximum absolute atomic E-state index is 12.2. The summed E-state index contributed by atoms with van der Waals surface area (Å²) in [6, 6.07) is 4.69. The van der Waals surface area contributed by atoms with Crippen LogP contribution in [0.2, 0.25) is 0 Å². The molecule has 1 fully saturated rings. The largest absolute Gasteiger partial charge is 0.493 e. The zero-order valence-corrected chi connectivity index (χ0v) is 15.9. The van der Waals surface area contributed by atoms with E-state index in [1.165, 1.54) is 20.3 Å². The van der Waals surface area contributed by atoms with E-state index in [4.69, 9.17) is 18.9 Å². The molecule has 0 aliphatic carbocycles. The molecule has 1 aliphatic rings. The van der Waals surface area contributed by atoms with Crippen molar-refractivity contribution in [2.45, 2.75) is 19.8 Å².